The molecule has 0 N–H and O–H groups in total. The van der Waals surface area contributed by atoms with Crippen LogP contribution in [0.1, 0.15) is 0 Å². The molecule has 128 valence electrons. The molecule has 2 bridgehead atoms. The van der Waals surface area contributed by atoms with E-state index < -0.39 is 29.8 Å². The summed E-state index contributed by atoms with van der Waals surface area (Å²) in [4.78, 5) is 51.3. The summed E-state index contributed by atoms with van der Waals surface area (Å²) >= 11 is 0. The van der Waals surface area contributed by atoms with Crippen LogP contribution in [0.3, 0.4) is 0 Å². The highest BCUT2D eigenvalue weighted by Gasteiger charge is 2.27. The van der Waals surface area contributed by atoms with Gasteiger partial charge in [0.05, 0.1) is 10.8 Å². The highest BCUT2D eigenvalue weighted by atomic mass is 16.6. The lowest BCUT2D eigenvalue weighted by Crippen LogP contribution is -2.10. The predicted molar refractivity (Wildman–Crippen MR) is 82.6 cm³/mol. The van der Waals surface area contributed by atoms with E-state index in [0.717, 1.165) is 24.3 Å². The van der Waals surface area contributed by atoms with Crippen molar-refractivity contribution in [2.75, 3.05) is 0 Å². The molecule has 9 heteroatoms. The van der Waals surface area contributed by atoms with Crippen molar-refractivity contribution in [1.82, 2.24) is 4.98 Å². The van der Waals surface area contributed by atoms with Crippen LogP contribution in [0.5, 0.6) is 23.3 Å². The number of ether oxygens (including phenoxy) is 4. The molecule has 0 aliphatic carbocycles. The van der Waals surface area contributed by atoms with Gasteiger partial charge < -0.3 is 18.9 Å². The molecule has 4 rings (SSSR count). The van der Waals surface area contributed by atoms with E-state index in [4.69, 9.17) is 18.9 Å². The van der Waals surface area contributed by atoms with Crippen molar-refractivity contribution in [2.45, 2.75) is 0 Å². The van der Waals surface area contributed by atoms with Gasteiger partial charge in [0.15, 0.2) is 0 Å². The standard InChI is InChI=1S/C17H7NO8/c19-10-4-5-11(20)24-15-14-8(2-1-3-9(14)23-10)16-18-17(15)26-13(22)7-6-12(21)25-16/h1-7H. The summed E-state index contributed by atoms with van der Waals surface area (Å²) in [5, 5.41) is 0.295. The molecule has 2 aliphatic heterocycles. The average molecular weight is 353 g/mol. The monoisotopic (exact) mass is 353 g/mol. The smallest absolute Gasteiger partial charge is 0.337 e. The molecule has 2 aliphatic rings. The van der Waals surface area contributed by atoms with Crippen molar-refractivity contribution < 1.29 is 38.1 Å². The Kier molecular flexibility index (Phi) is 3.47. The minimum atomic E-state index is -0.932. The number of carbonyl (C=O) groups is 4. The van der Waals surface area contributed by atoms with E-state index in [-0.39, 0.29) is 28.2 Å². The first-order chi connectivity index (χ1) is 12.5. The van der Waals surface area contributed by atoms with Gasteiger partial charge in [-0.05, 0) is 12.1 Å². The lowest BCUT2D eigenvalue weighted by Gasteiger charge is -2.14. The summed E-state index contributed by atoms with van der Waals surface area (Å²) in [5.41, 5.74) is 0. The van der Waals surface area contributed by atoms with E-state index in [1.54, 1.807) is 0 Å². The minimum Gasteiger partial charge on any atom is -0.423 e. The van der Waals surface area contributed by atoms with Crippen LogP contribution in [0.2, 0.25) is 0 Å². The average Bonchev–Trinajstić information content (AvgIpc) is 2.70. The second-order valence-electron chi connectivity index (χ2n) is 5.08. The Morgan fingerprint density at radius 3 is 1.92 bits per heavy atom. The Morgan fingerprint density at radius 1 is 0.654 bits per heavy atom. The van der Waals surface area contributed by atoms with Gasteiger partial charge in [-0.25, -0.2) is 19.2 Å². The zero-order chi connectivity index (χ0) is 18.3. The molecule has 1 aromatic carbocycles. The number of benzene rings is 1. The summed E-state index contributed by atoms with van der Waals surface area (Å²) in [6.07, 6.45) is 3.46. The third kappa shape index (κ3) is 2.67. The van der Waals surface area contributed by atoms with Gasteiger partial charge in [-0.15, -0.1) is 0 Å². The molecule has 0 unspecified atom stereocenters. The molecule has 0 saturated heterocycles. The maximum absolute atomic E-state index is 11.9. The summed E-state index contributed by atoms with van der Waals surface area (Å²) in [7, 11) is 0. The number of rotatable bonds is 0. The Morgan fingerprint density at radius 2 is 1.23 bits per heavy atom. The fraction of sp³-hybridized carbons (Fsp3) is 0. The van der Waals surface area contributed by atoms with Crippen LogP contribution >= 0.6 is 0 Å². The van der Waals surface area contributed by atoms with Crippen molar-refractivity contribution in [2.24, 2.45) is 0 Å². The maximum atomic E-state index is 11.9. The van der Waals surface area contributed by atoms with E-state index in [1.165, 1.54) is 18.2 Å². The van der Waals surface area contributed by atoms with E-state index in [0.29, 0.717) is 0 Å². The molecule has 0 amide bonds. The van der Waals surface area contributed by atoms with Gasteiger partial charge in [-0.2, -0.15) is 4.98 Å². The van der Waals surface area contributed by atoms with Gasteiger partial charge in [-0.1, -0.05) is 6.07 Å². The van der Waals surface area contributed by atoms with Crippen LogP contribution in [0.15, 0.2) is 42.5 Å². The largest absolute Gasteiger partial charge is 0.423 e. The Hall–Kier alpha value is -4.01. The first-order valence-electron chi connectivity index (χ1n) is 7.21. The van der Waals surface area contributed by atoms with Crippen LogP contribution < -0.4 is 18.9 Å². The van der Waals surface area contributed by atoms with Gasteiger partial charge in [0.2, 0.25) is 11.6 Å². The van der Waals surface area contributed by atoms with E-state index in [2.05, 4.69) is 4.98 Å². The van der Waals surface area contributed by atoms with Gasteiger partial charge in [0.1, 0.15) is 5.75 Å². The highest BCUT2D eigenvalue weighted by molar-refractivity contribution is 6.05. The summed E-state index contributed by atoms with van der Waals surface area (Å²) in [6, 6.07) is 4.47. The SMILES string of the molecule is O=C1C=CC(=O)Oc2nc(c3c4c(cccc24)OC(=O)C=CC(=O)O3)O1. The fourth-order valence-corrected chi connectivity index (χ4v) is 2.39. The van der Waals surface area contributed by atoms with Gasteiger partial charge >= 0.3 is 23.9 Å². The number of nitrogens with zero attached hydrogens (tertiary/aromatic N) is 1. The molecular weight excluding hydrogens is 346 g/mol. The van der Waals surface area contributed by atoms with E-state index in [9.17, 15) is 19.2 Å². The normalized spacial score (nSPS) is 16.2. The fourth-order valence-electron chi connectivity index (χ4n) is 2.39. The summed E-state index contributed by atoms with van der Waals surface area (Å²) in [6.45, 7) is 0. The van der Waals surface area contributed by atoms with Crippen molar-refractivity contribution >= 4 is 34.6 Å². The molecule has 1 aromatic heterocycles. The lowest BCUT2D eigenvalue weighted by atomic mass is 10.1. The second-order valence-corrected chi connectivity index (χ2v) is 5.08. The van der Waals surface area contributed by atoms with Gasteiger partial charge in [0, 0.05) is 24.3 Å². The van der Waals surface area contributed by atoms with Crippen molar-refractivity contribution in [3.63, 3.8) is 0 Å². The zero-order valence-electron chi connectivity index (χ0n) is 12.8. The number of pyridine rings is 1. The summed E-state index contributed by atoms with van der Waals surface area (Å²) < 4.78 is 20.5. The molecular formula is C17H7NO8. The van der Waals surface area contributed by atoms with Crippen LogP contribution in [-0.4, -0.2) is 28.9 Å². The number of fused-ring (bicyclic) bond motifs is 4. The number of esters is 4. The third-order valence-electron chi connectivity index (χ3n) is 3.40. The molecule has 0 fully saturated rings. The molecule has 9 nitrogen and oxygen atoms in total. The Balaban J connectivity index is 2.08. The maximum Gasteiger partial charge on any atom is 0.337 e. The molecule has 3 heterocycles. The third-order valence-corrected chi connectivity index (χ3v) is 3.40. The van der Waals surface area contributed by atoms with Crippen LogP contribution in [0, 0.1) is 0 Å². The highest BCUT2D eigenvalue weighted by Crippen LogP contribution is 2.44. The molecule has 0 spiro atoms. The van der Waals surface area contributed by atoms with Gasteiger partial charge in [-0.3, -0.25) is 0 Å². The minimum absolute atomic E-state index is 0.00561. The van der Waals surface area contributed by atoms with Crippen molar-refractivity contribution in [3.8, 4) is 23.3 Å². The van der Waals surface area contributed by atoms with Crippen LogP contribution in [-0.2, 0) is 19.2 Å². The number of hydrogen-bond acceptors (Lipinski definition) is 9. The molecule has 0 radical (unpaired) electrons. The zero-order valence-corrected chi connectivity index (χ0v) is 12.8. The molecule has 2 aromatic rings. The molecule has 0 atom stereocenters. The number of aromatic nitrogens is 1. The Bertz CT molecular complexity index is 1060. The number of hydrogen-bond donors (Lipinski definition) is 0. The number of carbonyl (C=O) groups excluding carboxylic acids is 4. The topological polar surface area (TPSA) is 118 Å². The Labute approximate surface area is 144 Å². The summed E-state index contributed by atoms with van der Waals surface area (Å²) in [5.74, 6) is -4.38. The predicted octanol–water partition coefficient (Wildman–Crippen LogP) is 0.996. The quantitative estimate of drug-likeness (QED) is 0.504. The van der Waals surface area contributed by atoms with Crippen LogP contribution in [0.25, 0.3) is 10.8 Å². The molecule has 26 heavy (non-hydrogen) atoms. The van der Waals surface area contributed by atoms with Crippen molar-refractivity contribution in [1.29, 1.82) is 0 Å². The molecule has 0 saturated carbocycles. The first-order valence-corrected chi connectivity index (χ1v) is 7.21. The van der Waals surface area contributed by atoms with Crippen molar-refractivity contribution in [3.05, 3.63) is 42.5 Å². The first kappa shape index (κ1) is 15.5. The lowest BCUT2D eigenvalue weighted by molar-refractivity contribution is -0.132. The van der Waals surface area contributed by atoms with E-state index >= 15 is 0 Å². The van der Waals surface area contributed by atoms with E-state index in [1.807, 2.05) is 0 Å². The second kappa shape index (κ2) is 5.81. The van der Waals surface area contributed by atoms with Gasteiger partial charge in [0.25, 0.3) is 5.88 Å². The van der Waals surface area contributed by atoms with Crippen LogP contribution in [0.4, 0.5) is 0 Å².